The zero-order chi connectivity index (χ0) is 18.7. The van der Waals surface area contributed by atoms with Crippen LogP contribution in [0.2, 0.25) is 0 Å². The van der Waals surface area contributed by atoms with Gasteiger partial charge in [-0.1, -0.05) is 18.2 Å². The Kier molecular flexibility index (Phi) is 4.97. The molecule has 1 N–H and O–H groups in total. The summed E-state index contributed by atoms with van der Waals surface area (Å²) >= 11 is 0. The van der Waals surface area contributed by atoms with Crippen LogP contribution in [-0.4, -0.2) is 44.9 Å². The molecule has 1 unspecified atom stereocenters. The number of aromatic nitrogens is 2. The van der Waals surface area contributed by atoms with Crippen LogP contribution in [0.25, 0.3) is 5.69 Å². The first kappa shape index (κ1) is 18.0. The molecular weight excluding hydrogens is 332 g/mol. The zero-order valence-electron chi connectivity index (χ0n) is 15.3. The van der Waals surface area contributed by atoms with Gasteiger partial charge in [-0.25, -0.2) is 9.48 Å². The summed E-state index contributed by atoms with van der Waals surface area (Å²) in [5.74, 6) is 0.210. The molecule has 0 spiro atoms. The maximum absolute atomic E-state index is 12.6. The molecule has 0 aliphatic carbocycles. The van der Waals surface area contributed by atoms with Crippen LogP contribution in [-0.2, 0) is 9.53 Å². The van der Waals surface area contributed by atoms with Gasteiger partial charge in [-0.3, -0.25) is 9.69 Å². The highest BCUT2D eigenvalue weighted by atomic mass is 16.6. The van der Waals surface area contributed by atoms with Crippen molar-refractivity contribution in [1.82, 2.24) is 14.7 Å². The lowest BCUT2D eigenvalue weighted by atomic mass is 10.2. The molecule has 2 heterocycles. The van der Waals surface area contributed by atoms with E-state index in [0.29, 0.717) is 18.8 Å². The monoisotopic (exact) mass is 356 g/mol. The van der Waals surface area contributed by atoms with Gasteiger partial charge in [0.1, 0.15) is 11.6 Å². The van der Waals surface area contributed by atoms with E-state index in [1.165, 1.54) is 4.90 Å². The normalized spacial score (nSPS) is 17.2. The summed E-state index contributed by atoms with van der Waals surface area (Å²) in [7, 11) is 0. The molecule has 1 aromatic carbocycles. The first-order chi connectivity index (χ1) is 12.3. The van der Waals surface area contributed by atoms with Gasteiger partial charge in [-0.05, 0) is 45.7 Å². The fraction of sp³-hybridized carbons (Fsp3) is 0.421. The average molecular weight is 356 g/mol. The fourth-order valence-electron chi connectivity index (χ4n) is 2.90. The maximum Gasteiger partial charge on any atom is 0.410 e. The molecule has 1 aliphatic rings. The second kappa shape index (κ2) is 7.19. The Bertz CT molecular complexity index is 780. The molecule has 7 heteroatoms. The van der Waals surface area contributed by atoms with E-state index in [4.69, 9.17) is 4.74 Å². The molecule has 2 aromatic rings. The number of hydrogen-bond acceptors (Lipinski definition) is 4. The van der Waals surface area contributed by atoms with Crippen LogP contribution in [0.15, 0.2) is 42.6 Å². The fourth-order valence-corrected chi connectivity index (χ4v) is 2.90. The summed E-state index contributed by atoms with van der Waals surface area (Å²) < 4.78 is 7.09. The van der Waals surface area contributed by atoms with Crippen molar-refractivity contribution in [1.29, 1.82) is 0 Å². The van der Waals surface area contributed by atoms with Crippen LogP contribution < -0.4 is 5.32 Å². The summed E-state index contributed by atoms with van der Waals surface area (Å²) in [6, 6.07) is 10.8. The van der Waals surface area contributed by atoms with Gasteiger partial charge in [0.05, 0.1) is 5.69 Å². The number of anilines is 1. The van der Waals surface area contributed by atoms with Crippen molar-refractivity contribution in [2.24, 2.45) is 0 Å². The SMILES string of the molecule is CC(C)(C)OC(=O)N1CCCC1C(=O)Nc1ccn(-c2ccccc2)n1. The summed E-state index contributed by atoms with van der Waals surface area (Å²) in [5, 5.41) is 7.17. The van der Waals surface area contributed by atoms with Gasteiger partial charge in [0.15, 0.2) is 5.82 Å². The lowest BCUT2D eigenvalue weighted by Gasteiger charge is -2.27. The molecular formula is C19H24N4O3. The predicted octanol–water partition coefficient (Wildman–Crippen LogP) is 3.21. The largest absolute Gasteiger partial charge is 0.444 e. The number of nitrogens with one attached hydrogen (secondary N) is 1. The number of carbonyl (C=O) groups is 2. The molecule has 138 valence electrons. The first-order valence-corrected chi connectivity index (χ1v) is 8.75. The van der Waals surface area contributed by atoms with Gasteiger partial charge in [-0.2, -0.15) is 5.10 Å². The van der Waals surface area contributed by atoms with E-state index in [-0.39, 0.29) is 5.91 Å². The molecule has 26 heavy (non-hydrogen) atoms. The number of likely N-dealkylation sites (tertiary alicyclic amines) is 1. The van der Waals surface area contributed by atoms with E-state index in [1.807, 2.05) is 51.1 Å². The minimum Gasteiger partial charge on any atom is -0.444 e. The summed E-state index contributed by atoms with van der Waals surface area (Å²) in [5.41, 5.74) is 0.319. The minimum atomic E-state index is -0.588. The number of nitrogens with zero attached hydrogens (tertiary/aromatic N) is 3. The van der Waals surface area contributed by atoms with Crippen LogP contribution in [0.5, 0.6) is 0 Å². The molecule has 3 rings (SSSR count). The lowest BCUT2D eigenvalue weighted by Crippen LogP contribution is -2.45. The van der Waals surface area contributed by atoms with E-state index in [0.717, 1.165) is 12.1 Å². The van der Waals surface area contributed by atoms with E-state index >= 15 is 0 Å². The number of rotatable bonds is 3. The second-order valence-electron chi connectivity index (χ2n) is 7.30. The molecule has 0 bridgehead atoms. The highest BCUT2D eigenvalue weighted by Crippen LogP contribution is 2.22. The number of benzene rings is 1. The number of para-hydroxylation sites is 1. The van der Waals surface area contributed by atoms with E-state index in [9.17, 15) is 9.59 Å². The van der Waals surface area contributed by atoms with Crippen LogP contribution in [0.3, 0.4) is 0 Å². The number of carbonyl (C=O) groups excluding carboxylic acids is 2. The smallest absolute Gasteiger partial charge is 0.410 e. The number of amides is 2. The van der Waals surface area contributed by atoms with Crippen LogP contribution in [0, 0.1) is 0 Å². The number of ether oxygens (including phenoxy) is 1. The van der Waals surface area contributed by atoms with Gasteiger partial charge in [0.25, 0.3) is 0 Å². The third kappa shape index (κ3) is 4.22. The highest BCUT2D eigenvalue weighted by Gasteiger charge is 2.36. The van der Waals surface area contributed by atoms with E-state index in [1.54, 1.807) is 16.9 Å². The van der Waals surface area contributed by atoms with Crippen molar-refractivity contribution in [2.75, 3.05) is 11.9 Å². The van der Waals surface area contributed by atoms with Gasteiger partial charge in [-0.15, -0.1) is 0 Å². The zero-order valence-corrected chi connectivity index (χ0v) is 15.3. The van der Waals surface area contributed by atoms with Crippen molar-refractivity contribution < 1.29 is 14.3 Å². The molecule has 1 atom stereocenters. The lowest BCUT2D eigenvalue weighted by molar-refractivity contribution is -0.120. The third-order valence-corrected chi connectivity index (χ3v) is 4.04. The molecule has 1 aromatic heterocycles. The van der Waals surface area contributed by atoms with Crippen molar-refractivity contribution >= 4 is 17.8 Å². The summed E-state index contributed by atoms with van der Waals surface area (Å²) in [6.45, 7) is 5.95. The Morgan fingerprint density at radius 1 is 1.19 bits per heavy atom. The highest BCUT2D eigenvalue weighted by molar-refractivity contribution is 5.96. The summed E-state index contributed by atoms with van der Waals surface area (Å²) in [6.07, 6.45) is 2.72. The summed E-state index contributed by atoms with van der Waals surface area (Å²) in [4.78, 5) is 26.4. The molecule has 1 fully saturated rings. The standard InChI is InChI=1S/C19H24N4O3/c1-19(2,3)26-18(25)22-12-7-10-15(22)17(24)20-16-11-13-23(21-16)14-8-5-4-6-9-14/h4-6,8-9,11,13,15H,7,10,12H2,1-3H3,(H,20,21,24). The molecule has 2 amide bonds. The number of hydrogen-bond donors (Lipinski definition) is 1. The Labute approximate surface area is 152 Å². The average Bonchev–Trinajstić information content (AvgIpc) is 3.23. The van der Waals surface area contributed by atoms with Gasteiger partial charge < -0.3 is 10.1 Å². The topological polar surface area (TPSA) is 76.5 Å². The van der Waals surface area contributed by atoms with E-state index < -0.39 is 17.7 Å². The van der Waals surface area contributed by atoms with Gasteiger partial charge in [0.2, 0.25) is 5.91 Å². The van der Waals surface area contributed by atoms with Crippen LogP contribution >= 0.6 is 0 Å². The van der Waals surface area contributed by atoms with Gasteiger partial charge >= 0.3 is 6.09 Å². The van der Waals surface area contributed by atoms with Gasteiger partial charge in [0, 0.05) is 18.8 Å². The Morgan fingerprint density at radius 2 is 1.92 bits per heavy atom. The van der Waals surface area contributed by atoms with Crippen LogP contribution in [0.1, 0.15) is 33.6 Å². The maximum atomic E-state index is 12.6. The molecule has 1 saturated heterocycles. The molecule has 0 radical (unpaired) electrons. The first-order valence-electron chi connectivity index (χ1n) is 8.75. The quantitative estimate of drug-likeness (QED) is 0.916. The molecule has 7 nitrogen and oxygen atoms in total. The van der Waals surface area contributed by atoms with Crippen molar-refractivity contribution in [2.45, 2.75) is 45.3 Å². The van der Waals surface area contributed by atoms with Crippen molar-refractivity contribution in [3.63, 3.8) is 0 Å². The van der Waals surface area contributed by atoms with Crippen LogP contribution in [0.4, 0.5) is 10.6 Å². The minimum absolute atomic E-state index is 0.244. The second-order valence-corrected chi connectivity index (χ2v) is 7.30. The van der Waals surface area contributed by atoms with Crippen molar-refractivity contribution in [3.8, 4) is 5.69 Å². The van der Waals surface area contributed by atoms with E-state index in [2.05, 4.69) is 10.4 Å². The molecule has 1 aliphatic heterocycles. The Balaban J connectivity index is 1.66. The Morgan fingerprint density at radius 3 is 2.62 bits per heavy atom. The third-order valence-electron chi connectivity index (χ3n) is 4.04. The Hall–Kier alpha value is -2.83. The molecule has 0 saturated carbocycles. The predicted molar refractivity (Wildman–Crippen MR) is 98.2 cm³/mol. The van der Waals surface area contributed by atoms with Crippen molar-refractivity contribution in [3.05, 3.63) is 42.6 Å².